The molecule has 5 nitrogen and oxygen atoms in total. The Kier molecular flexibility index (Phi) is 3.13. The van der Waals surface area contributed by atoms with Gasteiger partial charge in [-0.1, -0.05) is 0 Å². The van der Waals surface area contributed by atoms with E-state index in [9.17, 15) is 4.79 Å². The van der Waals surface area contributed by atoms with Crippen LogP contribution in [0.2, 0.25) is 0 Å². The quantitative estimate of drug-likeness (QED) is 0.277. The third kappa shape index (κ3) is 1.87. The van der Waals surface area contributed by atoms with E-state index >= 15 is 0 Å². The molecule has 0 saturated heterocycles. The summed E-state index contributed by atoms with van der Waals surface area (Å²) in [5.41, 5.74) is 14.8. The van der Waals surface area contributed by atoms with Crippen molar-refractivity contribution in [1.29, 1.82) is 5.41 Å². The Morgan fingerprint density at radius 2 is 2.10 bits per heavy atom. The summed E-state index contributed by atoms with van der Waals surface area (Å²) in [4.78, 5) is 10.4. The number of nitrogens with two attached hydrogens (primary N) is 3. The molecule has 0 aliphatic heterocycles. The fourth-order valence-electron chi connectivity index (χ4n) is 0.441. The topological polar surface area (TPSA) is 119 Å². The zero-order chi connectivity index (χ0) is 8.15. The van der Waals surface area contributed by atoms with Crippen LogP contribution in [0.4, 0.5) is 0 Å². The van der Waals surface area contributed by atoms with Gasteiger partial charge in [-0.05, 0) is 0 Å². The molecule has 5 heteroatoms. The predicted octanol–water partition coefficient (Wildman–Crippen LogP) is -1.71. The maximum Gasteiger partial charge on any atom is 0.252 e. The predicted molar refractivity (Wildman–Crippen MR) is 38.2 cm³/mol. The highest BCUT2D eigenvalue weighted by Crippen LogP contribution is 1.90. The summed E-state index contributed by atoms with van der Waals surface area (Å²) in [7, 11) is 0. The normalized spacial score (nSPS) is 11.1. The van der Waals surface area contributed by atoms with Gasteiger partial charge < -0.3 is 22.6 Å². The van der Waals surface area contributed by atoms with E-state index in [2.05, 4.69) is 0 Å². The van der Waals surface area contributed by atoms with Crippen molar-refractivity contribution in [3.05, 3.63) is 11.8 Å². The molecule has 0 aliphatic carbocycles. The zero-order valence-electron chi connectivity index (χ0n) is 5.42. The summed E-state index contributed by atoms with van der Waals surface area (Å²) in [5.74, 6) is -0.724. The van der Waals surface area contributed by atoms with Gasteiger partial charge in [0.15, 0.2) is 0 Å². The number of primary amides is 1. The molecule has 0 fully saturated rings. The van der Waals surface area contributed by atoms with Crippen LogP contribution in [0.5, 0.6) is 0 Å². The molecule has 0 bridgehead atoms. The van der Waals surface area contributed by atoms with E-state index in [4.69, 9.17) is 22.6 Å². The smallest absolute Gasteiger partial charge is 0.252 e. The molecule has 0 radical (unpaired) electrons. The van der Waals surface area contributed by atoms with E-state index in [1.54, 1.807) is 0 Å². The molecule has 0 spiro atoms. The fourth-order valence-corrected chi connectivity index (χ4v) is 0.441. The molecule has 0 unspecified atom stereocenters. The van der Waals surface area contributed by atoms with Crippen molar-refractivity contribution in [3.63, 3.8) is 0 Å². The van der Waals surface area contributed by atoms with Crippen LogP contribution < -0.4 is 17.2 Å². The van der Waals surface area contributed by atoms with E-state index in [0.29, 0.717) is 0 Å². The van der Waals surface area contributed by atoms with E-state index in [-0.39, 0.29) is 17.8 Å². The minimum Gasteiger partial charge on any atom is -0.404 e. The highest BCUT2D eigenvalue weighted by atomic mass is 16.1. The van der Waals surface area contributed by atoms with Gasteiger partial charge in [0.25, 0.3) is 5.91 Å². The van der Waals surface area contributed by atoms with Crippen LogP contribution in [0.1, 0.15) is 0 Å². The van der Waals surface area contributed by atoms with Crippen molar-refractivity contribution in [1.82, 2.24) is 0 Å². The number of rotatable bonds is 3. The molecule has 0 aromatic carbocycles. The van der Waals surface area contributed by atoms with Gasteiger partial charge in [-0.2, -0.15) is 0 Å². The molecule has 10 heavy (non-hydrogen) atoms. The van der Waals surface area contributed by atoms with Gasteiger partial charge in [0.05, 0.1) is 11.3 Å². The minimum absolute atomic E-state index is 0.0255. The van der Waals surface area contributed by atoms with E-state index in [0.717, 1.165) is 6.20 Å². The van der Waals surface area contributed by atoms with Crippen LogP contribution in [-0.2, 0) is 4.79 Å². The Bertz CT molecular complexity index is 184. The Morgan fingerprint density at radius 1 is 1.60 bits per heavy atom. The van der Waals surface area contributed by atoms with Crippen molar-refractivity contribution in [2.24, 2.45) is 17.2 Å². The molecule has 7 N–H and O–H groups in total. The molecule has 1 amide bonds. The Labute approximate surface area is 58.4 Å². The van der Waals surface area contributed by atoms with Crippen molar-refractivity contribution in [2.45, 2.75) is 0 Å². The van der Waals surface area contributed by atoms with Gasteiger partial charge in [-0.25, -0.2) is 0 Å². The first kappa shape index (κ1) is 8.64. The number of hydrogen-bond acceptors (Lipinski definition) is 4. The Hall–Kier alpha value is -1.36. The first-order chi connectivity index (χ1) is 4.63. The lowest BCUT2D eigenvalue weighted by Crippen LogP contribution is -2.26. The fraction of sp³-hybridized carbons (Fsp3) is 0.200. The summed E-state index contributed by atoms with van der Waals surface area (Å²) in [6.45, 7) is -0.0357. The van der Waals surface area contributed by atoms with Crippen LogP contribution in [0, 0.1) is 5.41 Å². The summed E-state index contributed by atoms with van der Waals surface area (Å²) >= 11 is 0. The minimum atomic E-state index is -0.724. The molecule has 0 aromatic heterocycles. The largest absolute Gasteiger partial charge is 0.404 e. The third-order valence-electron chi connectivity index (χ3n) is 0.961. The third-order valence-corrected chi connectivity index (χ3v) is 0.961. The lowest BCUT2D eigenvalue weighted by Gasteiger charge is -1.99. The Morgan fingerprint density at radius 3 is 2.20 bits per heavy atom. The summed E-state index contributed by atoms with van der Waals surface area (Å²) < 4.78 is 0. The second-order valence-electron chi connectivity index (χ2n) is 1.63. The van der Waals surface area contributed by atoms with Crippen LogP contribution in [-0.4, -0.2) is 18.2 Å². The van der Waals surface area contributed by atoms with E-state index in [1.165, 1.54) is 0 Å². The monoisotopic (exact) mass is 142 g/mol. The lowest BCUT2D eigenvalue weighted by atomic mass is 10.1. The summed E-state index contributed by atoms with van der Waals surface area (Å²) in [6.07, 6.45) is 0.984. The molecule has 0 atom stereocenters. The molecule has 0 heterocycles. The maximum atomic E-state index is 10.4. The molecule has 0 saturated carbocycles. The summed E-state index contributed by atoms with van der Waals surface area (Å²) in [6, 6.07) is 0. The van der Waals surface area contributed by atoms with Crippen molar-refractivity contribution in [2.75, 3.05) is 6.54 Å². The average molecular weight is 142 g/mol. The van der Waals surface area contributed by atoms with Gasteiger partial charge in [0.2, 0.25) is 0 Å². The van der Waals surface area contributed by atoms with Crippen LogP contribution >= 0.6 is 0 Å². The molecule has 0 rings (SSSR count). The number of nitrogens with one attached hydrogen (secondary N) is 1. The molecule has 56 valence electrons. The lowest BCUT2D eigenvalue weighted by molar-refractivity contribution is -0.114. The van der Waals surface area contributed by atoms with Crippen LogP contribution in [0.15, 0.2) is 11.8 Å². The van der Waals surface area contributed by atoms with Gasteiger partial charge in [-0.3, -0.25) is 4.79 Å². The molecule has 0 aliphatic rings. The molecule has 0 aromatic rings. The highest BCUT2D eigenvalue weighted by Gasteiger charge is 2.07. The first-order valence-corrected chi connectivity index (χ1v) is 2.63. The van der Waals surface area contributed by atoms with Gasteiger partial charge in [0.1, 0.15) is 0 Å². The zero-order valence-corrected chi connectivity index (χ0v) is 5.42. The van der Waals surface area contributed by atoms with Crippen molar-refractivity contribution < 1.29 is 4.79 Å². The number of amides is 1. The average Bonchev–Trinajstić information content (AvgIpc) is 1.88. The van der Waals surface area contributed by atoms with Crippen LogP contribution in [0.3, 0.4) is 0 Å². The molecular weight excluding hydrogens is 132 g/mol. The van der Waals surface area contributed by atoms with Crippen LogP contribution in [0.25, 0.3) is 0 Å². The van der Waals surface area contributed by atoms with Gasteiger partial charge >= 0.3 is 0 Å². The van der Waals surface area contributed by atoms with E-state index < -0.39 is 5.91 Å². The summed E-state index contributed by atoms with van der Waals surface area (Å²) in [5, 5.41) is 7.05. The van der Waals surface area contributed by atoms with Crippen molar-refractivity contribution in [3.8, 4) is 0 Å². The van der Waals surface area contributed by atoms with Gasteiger partial charge in [-0.15, -0.1) is 0 Å². The number of carbonyl (C=O) groups is 1. The maximum absolute atomic E-state index is 10.4. The molecular formula is C5H10N4O. The second-order valence-corrected chi connectivity index (χ2v) is 1.63. The number of carbonyl (C=O) groups excluding carboxylic acids is 1. The first-order valence-electron chi connectivity index (χ1n) is 2.63. The Balaban J connectivity index is 4.39. The number of hydrogen-bond donors (Lipinski definition) is 4. The van der Waals surface area contributed by atoms with E-state index in [1.807, 2.05) is 0 Å². The highest BCUT2D eigenvalue weighted by molar-refractivity contribution is 6.20. The van der Waals surface area contributed by atoms with Crippen molar-refractivity contribution >= 4 is 11.6 Å². The standard InChI is InChI=1S/C5H10N4O/c6-1-3(5(9)10)4(8)2-7/h1,8H,2,6-7H2,(H2,9,10)/b3-1+,8-4?. The van der Waals surface area contributed by atoms with Gasteiger partial charge in [0, 0.05) is 12.7 Å². The second kappa shape index (κ2) is 3.62. The SMILES string of the molecule is N=C(CN)/C(=C\N)C(N)=O.